The lowest BCUT2D eigenvalue weighted by Crippen LogP contribution is -2.32. The van der Waals surface area contributed by atoms with Crippen molar-refractivity contribution in [2.75, 3.05) is 38.2 Å². The molecule has 4 rings (SSSR count). The largest absolute Gasteiger partial charge is 0.493 e. The predicted octanol–water partition coefficient (Wildman–Crippen LogP) is 5.89. The van der Waals surface area contributed by atoms with Gasteiger partial charge in [-0.3, -0.25) is 4.90 Å². The SMILES string of the molecule is COc1ccccc1OC1=CCN(CCCN(c2ccccc2)c2ccccc2)CC1. The minimum atomic E-state index is 0.771. The molecule has 0 N–H and O–H groups in total. The Morgan fingerprint density at radius 1 is 0.806 bits per heavy atom. The van der Waals surface area contributed by atoms with E-state index in [1.165, 1.54) is 11.4 Å². The van der Waals surface area contributed by atoms with Crippen molar-refractivity contribution in [1.82, 2.24) is 4.90 Å². The third kappa shape index (κ3) is 5.68. The van der Waals surface area contributed by atoms with E-state index in [2.05, 4.69) is 76.5 Å². The average Bonchev–Trinajstić information content (AvgIpc) is 2.84. The number of nitrogens with zero attached hydrogens (tertiary/aromatic N) is 2. The van der Waals surface area contributed by atoms with Crippen molar-refractivity contribution in [3.05, 3.63) is 96.8 Å². The summed E-state index contributed by atoms with van der Waals surface area (Å²) in [5.41, 5.74) is 2.47. The number of benzene rings is 3. The van der Waals surface area contributed by atoms with Gasteiger partial charge in [0.2, 0.25) is 0 Å². The summed E-state index contributed by atoms with van der Waals surface area (Å²) in [5, 5.41) is 0. The Morgan fingerprint density at radius 2 is 1.42 bits per heavy atom. The summed E-state index contributed by atoms with van der Waals surface area (Å²) in [6, 6.07) is 29.1. The van der Waals surface area contributed by atoms with Gasteiger partial charge < -0.3 is 14.4 Å². The van der Waals surface area contributed by atoms with Crippen LogP contribution >= 0.6 is 0 Å². The van der Waals surface area contributed by atoms with Gasteiger partial charge in [-0.25, -0.2) is 0 Å². The van der Waals surface area contributed by atoms with Gasteiger partial charge in [0.1, 0.15) is 5.76 Å². The number of hydrogen-bond donors (Lipinski definition) is 0. The molecular formula is C27H30N2O2. The second-order valence-electron chi connectivity index (χ2n) is 7.65. The molecule has 0 aliphatic carbocycles. The molecular weight excluding hydrogens is 384 g/mol. The first-order chi connectivity index (χ1) is 15.3. The third-order valence-corrected chi connectivity index (χ3v) is 5.55. The van der Waals surface area contributed by atoms with Crippen LogP contribution in [-0.4, -0.2) is 38.2 Å². The first-order valence-electron chi connectivity index (χ1n) is 10.9. The van der Waals surface area contributed by atoms with Crippen LogP contribution in [-0.2, 0) is 0 Å². The molecule has 0 atom stereocenters. The fraction of sp³-hybridized carbons (Fsp3) is 0.259. The molecule has 1 aliphatic rings. The van der Waals surface area contributed by atoms with E-state index in [1.807, 2.05) is 24.3 Å². The van der Waals surface area contributed by atoms with E-state index in [0.29, 0.717) is 0 Å². The van der Waals surface area contributed by atoms with Crippen LogP contribution in [0, 0.1) is 0 Å². The topological polar surface area (TPSA) is 24.9 Å². The monoisotopic (exact) mass is 414 g/mol. The molecule has 0 spiro atoms. The molecule has 0 saturated heterocycles. The highest BCUT2D eigenvalue weighted by atomic mass is 16.5. The maximum Gasteiger partial charge on any atom is 0.168 e. The second-order valence-corrected chi connectivity index (χ2v) is 7.65. The van der Waals surface area contributed by atoms with Crippen molar-refractivity contribution in [3.63, 3.8) is 0 Å². The van der Waals surface area contributed by atoms with Crippen LogP contribution in [0.3, 0.4) is 0 Å². The molecule has 0 bridgehead atoms. The minimum absolute atomic E-state index is 0.771. The summed E-state index contributed by atoms with van der Waals surface area (Å²) in [4.78, 5) is 4.89. The number of ether oxygens (including phenoxy) is 2. The Bertz CT molecular complexity index is 933. The van der Waals surface area contributed by atoms with E-state index in [0.717, 1.165) is 56.3 Å². The molecule has 3 aromatic rings. The Balaban J connectivity index is 1.31. The quantitative estimate of drug-likeness (QED) is 0.436. The number of para-hydroxylation sites is 4. The molecule has 0 fully saturated rings. The number of methoxy groups -OCH3 is 1. The van der Waals surface area contributed by atoms with E-state index in [1.54, 1.807) is 7.11 Å². The summed E-state index contributed by atoms with van der Waals surface area (Å²) >= 11 is 0. The molecule has 31 heavy (non-hydrogen) atoms. The van der Waals surface area contributed by atoms with E-state index in [4.69, 9.17) is 9.47 Å². The molecule has 0 unspecified atom stereocenters. The molecule has 1 heterocycles. The van der Waals surface area contributed by atoms with Crippen molar-refractivity contribution in [1.29, 1.82) is 0 Å². The zero-order valence-corrected chi connectivity index (χ0v) is 18.1. The highest BCUT2D eigenvalue weighted by Crippen LogP contribution is 2.29. The fourth-order valence-corrected chi connectivity index (χ4v) is 3.91. The molecule has 0 saturated carbocycles. The van der Waals surface area contributed by atoms with E-state index < -0.39 is 0 Å². The lowest BCUT2D eigenvalue weighted by molar-refractivity contribution is 0.256. The number of rotatable bonds is 9. The van der Waals surface area contributed by atoms with Crippen molar-refractivity contribution in [3.8, 4) is 11.5 Å². The van der Waals surface area contributed by atoms with Gasteiger partial charge in [0, 0.05) is 44.0 Å². The highest BCUT2D eigenvalue weighted by molar-refractivity contribution is 5.62. The van der Waals surface area contributed by atoms with Crippen LogP contribution < -0.4 is 14.4 Å². The zero-order chi connectivity index (χ0) is 21.3. The van der Waals surface area contributed by atoms with Crippen LogP contribution in [0.5, 0.6) is 11.5 Å². The number of hydrogen-bond acceptors (Lipinski definition) is 4. The molecule has 0 amide bonds. The Labute approximate surface area is 185 Å². The van der Waals surface area contributed by atoms with Gasteiger partial charge in [-0.15, -0.1) is 0 Å². The van der Waals surface area contributed by atoms with Crippen LogP contribution in [0.15, 0.2) is 96.8 Å². The lowest BCUT2D eigenvalue weighted by atomic mass is 10.2. The summed E-state index contributed by atoms with van der Waals surface area (Å²) in [7, 11) is 1.67. The molecule has 3 aromatic carbocycles. The van der Waals surface area contributed by atoms with Crippen LogP contribution in [0.25, 0.3) is 0 Å². The van der Waals surface area contributed by atoms with Crippen molar-refractivity contribution >= 4 is 11.4 Å². The van der Waals surface area contributed by atoms with Gasteiger partial charge in [0.25, 0.3) is 0 Å². The first kappa shape index (κ1) is 21.0. The standard InChI is InChI=1S/C27H30N2O2/c1-30-26-15-8-9-16-27(26)31-25-17-21-28(22-18-25)19-10-20-29(23-11-4-2-5-12-23)24-13-6-3-7-14-24/h2-9,11-17H,10,18-22H2,1H3. The van der Waals surface area contributed by atoms with Crippen LogP contribution in [0.4, 0.5) is 11.4 Å². The predicted molar refractivity (Wildman–Crippen MR) is 127 cm³/mol. The van der Waals surface area contributed by atoms with Gasteiger partial charge in [0.15, 0.2) is 11.5 Å². The normalized spacial score (nSPS) is 14.0. The molecule has 4 nitrogen and oxygen atoms in total. The van der Waals surface area contributed by atoms with Gasteiger partial charge in [0.05, 0.1) is 7.11 Å². The molecule has 4 heteroatoms. The van der Waals surface area contributed by atoms with E-state index in [9.17, 15) is 0 Å². The summed E-state index contributed by atoms with van der Waals surface area (Å²) < 4.78 is 11.5. The lowest BCUT2D eigenvalue weighted by Gasteiger charge is -2.29. The van der Waals surface area contributed by atoms with Crippen molar-refractivity contribution in [2.45, 2.75) is 12.8 Å². The molecule has 0 aromatic heterocycles. The van der Waals surface area contributed by atoms with Crippen LogP contribution in [0.1, 0.15) is 12.8 Å². The fourth-order valence-electron chi connectivity index (χ4n) is 3.91. The highest BCUT2D eigenvalue weighted by Gasteiger charge is 2.15. The maximum atomic E-state index is 6.09. The summed E-state index contributed by atoms with van der Waals surface area (Å²) in [6.45, 7) is 3.98. The molecule has 0 radical (unpaired) electrons. The van der Waals surface area contributed by atoms with Crippen LogP contribution in [0.2, 0.25) is 0 Å². The van der Waals surface area contributed by atoms with E-state index >= 15 is 0 Å². The Morgan fingerprint density at radius 3 is 2.00 bits per heavy atom. The maximum absolute atomic E-state index is 6.09. The molecule has 160 valence electrons. The smallest absolute Gasteiger partial charge is 0.168 e. The van der Waals surface area contributed by atoms with Gasteiger partial charge in [-0.1, -0.05) is 48.5 Å². The number of anilines is 2. The molecule has 1 aliphatic heterocycles. The Kier molecular flexibility index (Phi) is 7.24. The third-order valence-electron chi connectivity index (χ3n) is 5.55. The second kappa shape index (κ2) is 10.7. The van der Waals surface area contributed by atoms with Crippen molar-refractivity contribution < 1.29 is 9.47 Å². The minimum Gasteiger partial charge on any atom is -0.493 e. The van der Waals surface area contributed by atoms with Gasteiger partial charge in [-0.05, 0) is 48.9 Å². The van der Waals surface area contributed by atoms with E-state index in [-0.39, 0.29) is 0 Å². The first-order valence-corrected chi connectivity index (χ1v) is 10.9. The summed E-state index contributed by atoms with van der Waals surface area (Å²) in [5.74, 6) is 2.58. The van der Waals surface area contributed by atoms with Crippen molar-refractivity contribution in [2.24, 2.45) is 0 Å². The summed E-state index contributed by atoms with van der Waals surface area (Å²) in [6.07, 6.45) is 4.21. The van der Waals surface area contributed by atoms with Gasteiger partial charge >= 0.3 is 0 Å². The van der Waals surface area contributed by atoms with Gasteiger partial charge in [-0.2, -0.15) is 0 Å². The average molecular weight is 415 g/mol. The zero-order valence-electron chi connectivity index (χ0n) is 18.1. The Hall–Kier alpha value is -3.24.